The van der Waals surface area contributed by atoms with Gasteiger partial charge in [-0.25, -0.2) is 4.98 Å². The number of benzene rings is 2. The smallest absolute Gasteiger partial charge is 0.191 e. The summed E-state index contributed by atoms with van der Waals surface area (Å²) in [4.78, 5) is 11.2. The fraction of sp³-hybridized carbons (Fsp3) is 0.360. The van der Waals surface area contributed by atoms with E-state index in [9.17, 15) is 0 Å². The van der Waals surface area contributed by atoms with E-state index >= 15 is 0 Å². The SMILES string of the molecule is CN=C(NCc1ccccc1-n1ccnc1)NCC(c1ccc(OC)cc1)N1CCCC1. The van der Waals surface area contributed by atoms with Crippen molar-refractivity contribution in [2.24, 2.45) is 4.99 Å². The predicted octanol–water partition coefficient (Wildman–Crippen LogP) is 3.38. The molecule has 3 aromatic rings. The highest BCUT2D eigenvalue weighted by Gasteiger charge is 2.23. The third-order valence-electron chi connectivity index (χ3n) is 5.99. The van der Waals surface area contributed by atoms with Gasteiger partial charge >= 0.3 is 0 Å². The van der Waals surface area contributed by atoms with Crippen molar-refractivity contribution in [2.45, 2.75) is 25.4 Å². The van der Waals surface area contributed by atoms with Gasteiger partial charge in [0.2, 0.25) is 0 Å². The van der Waals surface area contributed by atoms with Gasteiger partial charge in [-0.3, -0.25) is 9.89 Å². The van der Waals surface area contributed by atoms with Gasteiger partial charge in [0.25, 0.3) is 0 Å². The molecule has 2 heterocycles. The zero-order valence-corrected chi connectivity index (χ0v) is 18.9. The van der Waals surface area contributed by atoms with Crippen LogP contribution in [-0.2, 0) is 6.54 Å². The normalized spacial score (nSPS) is 15.5. The van der Waals surface area contributed by atoms with Gasteiger partial charge in [-0.1, -0.05) is 30.3 Å². The van der Waals surface area contributed by atoms with Crippen molar-refractivity contribution in [2.75, 3.05) is 33.8 Å². The molecule has 2 aromatic carbocycles. The van der Waals surface area contributed by atoms with Crippen molar-refractivity contribution in [3.05, 3.63) is 78.4 Å². The molecule has 7 heteroatoms. The Hall–Kier alpha value is -3.32. The molecule has 7 nitrogen and oxygen atoms in total. The maximum Gasteiger partial charge on any atom is 0.191 e. The van der Waals surface area contributed by atoms with E-state index in [2.05, 4.69) is 55.8 Å². The van der Waals surface area contributed by atoms with Crippen molar-refractivity contribution in [3.8, 4) is 11.4 Å². The number of methoxy groups -OCH3 is 1. The third kappa shape index (κ3) is 5.29. The van der Waals surface area contributed by atoms with E-state index in [1.807, 2.05) is 42.3 Å². The van der Waals surface area contributed by atoms with Crippen LogP contribution in [0.1, 0.15) is 30.0 Å². The molecular formula is C25H32N6O. The van der Waals surface area contributed by atoms with Crippen LogP contribution < -0.4 is 15.4 Å². The number of guanidine groups is 1. The molecule has 0 bridgehead atoms. The quantitative estimate of drug-likeness (QED) is 0.422. The zero-order chi connectivity index (χ0) is 22.2. The molecule has 4 rings (SSSR count). The highest BCUT2D eigenvalue weighted by molar-refractivity contribution is 5.79. The van der Waals surface area contributed by atoms with E-state index in [1.54, 1.807) is 13.3 Å². The van der Waals surface area contributed by atoms with E-state index in [0.29, 0.717) is 12.6 Å². The standard InChI is InChI=1S/C25H32N6O/c1-26-25(28-17-21-7-3-4-8-23(21)31-16-13-27-19-31)29-18-24(30-14-5-6-15-30)20-9-11-22(32-2)12-10-20/h3-4,7-13,16,19,24H,5-6,14-15,17-18H2,1-2H3,(H2,26,28,29). The monoisotopic (exact) mass is 432 g/mol. The molecule has 1 aliphatic rings. The first-order chi connectivity index (χ1) is 15.8. The predicted molar refractivity (Wildman–Crippen MR) is 128 cm³/mol. The Morgan fingerprint density at radius 2 is 1.88 bits per heavy atom. The summed E-state index contributed by atoms with van der Waals surface area (Å²) in [7, 11) is 3.52. The number of hydrogen-bond donors (Lipinski definition) is 2. The molecule has 0 aliphatic carbocycles. The van der Waals surface area contributed by atoms with Gasteiger partial charge in [0.05, 0.1) is 25.2 Å². The fourth-order valence-electron chi connectivity index (χ4n) is 4.24. The average molecular weight is 433 g/mol. The topological polar surface area (TPSA) is 66.7 Å². The lowest BCUT2D eigenvalue weighted by atomic mass is 10.1. The first-order valence-corrected chi connectivity index (χ1v) is 11.2. The number of para-hydroxylation sites is 1. The fourth-order valence-corrected chi connectivity index (χ4v) is 4.24. The number of hydrogen-bond acceptors (Lipinski definition) is 4. The number of nitrogens with one attached hydrogen (secondary N) is 2. The van der Waals surface area contributed by atoms with Crippen LogP contribution in [0.4, 0.5) is 0 Å². The molecule has 1 aromatic heterocycles. The number of ether oxygens (including phenoxy) is 1. The molecule has 2 N–H and O–H groups in total. The molecule has 1 atom stereocenters. The molecule has 1 unspecified atom stereocenters. The van der Waals surface area contributed by atoms with Crippen LogP contribution >= 0.6 is 0 Å². The van der Waals surface area contributed by atoms with Gasteiger partial charge in [-0.2, -0.15) is 0 Å². The van der Waals surface area contributed by atoms with Crippen molar-refractivity contribution < 1.29 is 4.74 Å². The Kier molecular flexibility index (Phi) is 7.40. The number of aliphatic imine (C=N–C) groups is 1. The summed E-state index contributed by atoms with van der Waals surface area (Å²) in [6.07, 6.45) is 8.08. The lowest BCUT2D eigenvalue weighted by Gasteiger charge is -2.29. The summed E-state index contributed by atoms with van der Waals surface area (Å²) >= 11 is 0. The molecule has 0 spiro atoms. The van der Waals surface area contributed by atoms with Crippen LogP contribution in [0.15, 0.2) is 72.2 Å². The summed E-state index contributed by atoms with van der Waals surface area (Å²) in [6.45, 7) is 3.71. The number of nitrogens with zero attached hydrogens (tertiary/aromatic N) is 4. The molecule has 1 aliphatic heterocycles. The molecule has 1 fully saturated rings. The summed E-state index contributed by atoms with van der Waals surface area (Å²) in [5.74, 6) is 1.68. The Morgan fingerprint density at radius 3 is 2.56 bits per heavy atom. The lowest BCUT2D eigenvalue weighted by molar-refractivity contribution is 0.245. The molecule has 0 radical (unpaired) electrons. The lowest BCUT2D eigenvalue weighted by Crippen LogP contribution is -2.42. The van der Waals surface area contributed by atoms with Gasteiger partial charge in [0.1, 0.15) is 5.75 Å². The summed E-state index contributed by atoms with van der Waals surface area (Å²) < 4.78 is 7.36. The molecular weight excluding hydrogens is 400 g/mol. The molecule has 0 saturated carbocycles. The second kappa shape index (κ2) is 10.8. The van der Waals surface area contributed by atoms with E-state index < -0.39 is 0 Å². The van der Waals surface area contributed by atoms with E-state index in [0.717, 1.165) is 37.0 Å². The number of imidazole rings is 1. The molecule has 1 saturated heterocycles. The van der Waals surface area contributed by atoms with Gasteiger partial charge in [-0.05, 0) is 55.3 Å². The van der Waals surface area contributed by atoms with Gasteiger partial charge in [-0.15, -0.1) is 0 Å². The van der Waals surface area contributed by atoms with Crippen molar-refractivity contribution in [3.63, 3.8) is 0 Å². The maximum absolute atomic E-state index is 5.34. The first kappa shape index (κ1) is 21.9. The van der Waals surface area contributed by atoms with Crippen LogP contribution in [0.5, 0.6) is 5.75 Å². The second-order valence-electron chi connectivity index (χ2n) is 7.94. The Morgan fingerprint density at radius 1 is 1.09 bits per heavy atom. The van der Waals surface area contributed by atoms with Crippen LogP contribution in [0.2, 0.25) is 0 Å². The Bertz CT molecular complexity index is 994. The number of likely N-dealkylation sites (tertiary alicyclic amines) is 1. The van der Waals surface area contributed by atoms with E-state index in [-0.39, 0.29) is 0 Å². The van der Waals surface area contributed by atoms with Crippen molar-refractivity contribution in [1.29, 1.82) is 0 Å². The first-order valence-electron chi connectivity index (χ1n) is 11.2. The summed E-state index contributed by atoms with van der Waals surface area (Å²) in [5.41, 5.74) is 3.59. The minimum Gasteiger partial charge on any atom is -0.497 e. The zero-order valence-electron chi connectivity index (χ0n) is 18.9. The number of aromatic nitrogens is 2. The minimum atomic E-state index is 0.292. The van der Waals surface area contributed by atoms with Gasteiger partial charge < -0.3 is 19.9 Å². The maximum atomic E-state index is 5.34. The molecule has 32 heavy (non-hydrogen) atoms. The van der Waals surface area contributed by atoms with Crippen LogP contribution in [0.3, 0.4) is 0 Å². The summed E-state index contributed by atoms with van der Waals surface area (Å²) in [6, 6.07) is 17.0. The Balaban J connectivity index is 1.41. The average Bonchev–Trinajstić information content (AvgIpc) is 3.57. The summed E-state index contributed by atoms with van der Waals surface area (Å²) in [5, 5.41) is 7.02. The minimum absolute atomic E-state index is 0.292. The molecule has 0 amide bonds. The van der Waals surface area contributed by atoms with Crippen molar-refractivity contribution >= 4 is 5.96 Å². The van der Waals surface area contributed by atoms with Crippen LogP contribution in [0.25, 0.3) is 5.69 Å². The van der Waals surface area contributed by atoms with Crippen LogP contribution in [-0.4, -0.2) is 54.2 Å². The Labute approximate surface area is 190 Å². The van der Waals surface area contributed by atoms with Crippen LogP contribution in [0, 0.1) is 0 Å². The highest BCUT2D eigenvalue weighted by Crippen LogP contribution is 2.26. The van der Waals surface area contributed by atoms with E-state index in [4.69, 9.17) is 4.74 Å². The highest BCUT2D eigenvalue weighted by atomic mass is 16.5. The van der Waals surface area contributed by atoms with E-state index in [1.165, 1.54) is 24.0 Å². The second-order valence-corrected chi connectivity index (χ2v) is 7.94. The van der Waals surface area contributed by atoms with Gasteiger partial charge in [0.15, 0.2) is 5.96 Å². The largest absolute Gasteiger partial charge is 0.497 e. The van der Waals surface area contributed by atoms with Crippen molar-refractivity contribution in [1.82, 2.24) is 25.1 Å². The third-order valence-corrected chi connectivity index (χ3v) is 5.99. The molecule has 168 valence electrons. The number of rotatable bonds is 8. The van der Waals surface area contributed by atoms with Gasteiger partial charge in [0, 0.05) is 32.5 Å².